The van der Waals surface area contributed by atoms with Crippen molar-refractivity contribution in [2.24, 2.45) is 0 Å². The number of aliphatic carboxylic acids is 1. The molecule has 0 saturated carbocycles. The number of H-pyrrole nitrogens is 1. The highest BCUT2D eigenvalue weighted by atomic mass is 16.5. The van der Waals surface area contributed by atoms with Crippen molar-refractivity contribution < 1.29 is 19.4 Å². The Bertz CT molecular complexity index is 396. The van der Waals surface area contributed by atoms with Crippen LogP contribution in [0, 0.1) is 0 Å². The number of nitrogens with zero attached hydrogens (tertiary/aromatic N) is 2. The van der Waals surface area contributed by atoms with Gasteiger partial charge < -0.3 is 15.2 Å². The molecule has 0 spiro atoms. The molecule has 0 radical (unpaired) electrons. The molecular formula is C8H10N4O4. The van der Waals surface area contributed by atoms with E-state index in [1.54, 1.807) is 0 Å². The molecule has 1 saturated heterocycles. The van der Waals surface area contributed by atoms with Crippen molar-refractivity contribution >= 4 is 11.9 Å². The Morgan fingerprint density at radius 2 is 2.44 bits per heavy atom. The van der Waals surface area contributed by atoms with Crippen LogP contribution in [0.5, 0.6) is 0 Å². The fourth-order valence-electron chi connectivity index (χ4n) is 1.48. The summed E-state index contributed by atoms with van der Waals surface area (Å²) in [6.07, 6.45) is 1.41. The van der Waals surface area contributed by atoms with E-state index in [0.29, 0.717) is 6.61 Å². The lowest BCUT2D eigenvalue weighted by Gasteiger charge is -2.22. The number of hydrogen-bond acceptors (Lipinski definition) is 5. The van der Waals surface area contributed by atoms with Gasteiger partial charge in [-0.3, -0.25) is 9.89 Å². The zero-order valence-corrected chi connectivity index (χ0v) is 8.27. The van der Waals surface area contributed by atoms with Crippen molar-refractivity contribution in [3.63, 3.8) is 0 Å². The maximum atomic E-state index is 11.6. The average Bonchev–Trinajstić information content (AvgIpc) is 2.88. The van der Waals surface area contributed by atoms with Crippen LogP contribution >= 0.6 is 0 Å². The maximum Gasteiger partial charge on any atom is 0.331 e. The number of amides is 1. The van der Waals surface area contributed by atoms with Gasteiger partial charge in [0.25, 0.3) is 5.91 Å². The topological polar surface area (TPSA) is 117 Å². The van der Waals surface area contributed by atoms with E-state index in [4.69, 9.17) is 9.84 Å². The number of ether oxygens (including phenoxy) is 1. The Kier molecular flexibility index (Phi) is 2.57. The third-order valence-electron chi connectivity index (χ3n) is 2.41. The van der Waals surface area contributed by atoms with Crippen LogP contribution in [0.2, 0.25) is 0 Å². The van der Waals surface area contributed by atoms with Crippen molar-refractivity contribution in [3.05, 3.63) is 12.2 Å². The number of aromatic nitrogens is 3. The van der Waals surface area contributed by atoms with Gasteiger partial charge in [-0.25, -0.2) is 9.78 Å². The third kappa shape index (κ3) is 1.74. The van der Waals surface area contributed by atoms with Gasteiger partial charge in [0.15, 0.2) is 5.54 Å². The average molecular weight is 226 g/mol. The summed E-state index contributed by atoms with van der Waals surface area (Å²) in [5.74, 6) is -1.74. The highest BCUT2D eigenvalue weighted by Crippen LogP contribution is 2.19. The summed E-state index contributed by atoms with van der Waals surface area (Å²) in [7, 11) is 0. The monoisotopic (exact) mass is 226 g/mol. The van der Waals surface area contributed by atoms with Gasteiger partial charge in [0.1, 0.15) is 6.33 Å². The summed E-state index contributed by atoms with van der Waals surface area (Å²) < 4.78 is 5.00. The minimum absolute atomic E-state index is 0.0208. The van der Waals surface area contributed by atoms with Crippen LogP contribution in [0.15, 0.2) is 6.33 Å². The fourth-order valence-corrected chi connectivity index (χ4v) is 1.48. The summed E-state index contributed by atoms with van der Waals surface area (Å²) in [6, 6.07) is 0. The van der Waals surface area contributed by atoms with Gasteiger partial charge in [0.05, 0.1) is 6.61 Å². The minimum atomic E-state index is -1.36. The van der Waals surface area contributed by atoms with Crippen LogP contribution in [0.4, 0.5) is 0 Å². The van der Waals surface area contributed by atoms with Gasteiger partial charge in [-0.05, 0) is 0 Å². The smallest absolute Gasteiger partial charge is 0.331 e. The summed E-state index contributed by atoms with van der Waals surface area (Å²) in [5, 5.41) is 17.3. The van der Waals surface area contributed by atoms with Crippen LogP contribution in [-0.2, 0) is 9.53 Å². The summed E-state index contributed by atoms with van der Waals surface area (Å²) in [4.78, 5) is 26.3. The number of nitrogens with one attached hydrogen (secondary N) is 2. The standard InChI is InChI=1S/C8H10N4O4/c13-6(5-9-4-10-12-5)11-8(7(14)15)1-2-16-3-8/h4H,1-3H2,(H,11,13)(H,14,15)(H,9,10,12). The van der Waals surface area contributed by atoms with Crippen LogP contribution < -0.4 is 5.32 Å². The van der Waals surface area contributed by atoms with Crippen LogP contribution in [0.1, 0.15) is 17.0 Å². The number of aromatic amines is 1. The molecule has 0 bridgehead atoms. The van der Waals surface area contributed by atoms with Crippen molar-refractivity contribution in [1.29, 1.82) is 0 Å². The van der Waals surface area contributed by atoms with Crippen molar-refractivity contribution in [3.8, 4) is 0 Å². The molecule has 8 heteroatoms. The highest BCUT2D eigenvalue weighted by molar-refractivity contribution is 5.95. The predicted molar refractivity (Wildman–Crippen MR) is 49.7 cm³/mol. The van der Waals surface area contributed by atoms with Gasteiger partial charge in [-0.2, -0.15) is 5.10 Å². The second-order valence-corrected chi connectivity index (χ2v) is 3.48. The van der Waals surface area contributed by atoms with Gasteiger partial charge in [-0.1, -0.05) is 0 Å². The molecule has 2 rings (SSSR count). The van der Waals surface area contributed by atoms with Gasteiger partial charge in [0.2, 0.25) is 5.82 Å². The number of hydrogen-bond donors (Lipinski definition) is 3. The molecular weight excluding hydrogens is 216 g/mol. The fraction of sp³-hybridized carbons (Fsp3) is 0.500. The number of rotatable bonds is 3. The Hall–Kier alpha value is -1.96. The summed E-state index contributed by atoms with van der Waals surface area (Å²) in [6.45, 7) is 0.269. The van der Waals surface area contributed by atoms with Gasteiger partial charge >= 0.3 is 5.97 Å². The van der Waals surface area contributed by atoms with Crippen LogP contribution in [0.3, 0.4) is 0 Å². The second-order valence-electron chi connectivity index (χ2n) is 3.48. The molecule has 2 heterocycles. The molecule has 3 N–H and O–H groups in total. The van der Waals surface area contributed by atoms with Crippen molar-refractivity contribution in [1.82, 2.24) is 20.5 Å². The molecule has 1 aliphatic heterocycles. The lowest BCUT2D eigenvalue weighted by Crippen LogP contribution is -2.55. The van der Waals surface area contributed by atoms with Crippen molar-refractivity contribution in [2.75, 3.05) is 13.2 Å². The lowest BCUT2D eigenvalue weighted by molar-refractivity contribution is -0.144. The van der Waals surface area contributed by atoms with Gasteiger partial charge in [-0.15, -0.1) is 0 Å². The molecule has 8 nitrogen and oxygen atoms in total. The highest BCUT2D eigenvalue weighted by Gasteiger charge is 2.44. The molecule has 1 aromatic rings. The van der Waals surface area contributed by atoms with E-state index in [0.717, 1.165) is 0 Å². The Morgan fingerprint density at radius 1 is 1.62 bits per heavy atom. The number of carboxylic acids is 1. The van der Waals surface area contributed by atoms with Crippen LogP contribution in [-0.4, -0.2) is 50.9 Å². The number of carbonyl (C=O) groups is 2. The van der Waals surface area contributed by atoms with E-state index >= 15 is 0 Å². The molecule has 1 aromatic heterocycles. The zero-order chi connectivity index (χ0) is 11.6. The predicted octanol–water partition coefficient (Wildman–Crippen LogP) is -1.22. The quantitative estimate of drug-likeness (QED) is 0.594. The zero-order valence-electron chi connectivity index (χ0n) is 8.27. The molecule has 16 heavy (non-hydrogen) atoms. The summed E-state index contributed by atoms with van der Waals surface area (Å²) in [5.41, 5.74) is -1.36. The summed E-state index contributed by atoms with van der Waals surface area (Å²) >= 11 is 0. The number of carboxylic acid groups (broad SMARTS) is 1. The first-order valence-corrected chi connectivity index (χ1v) is 4.63. The lowest BCUT2D eigenvalue weighted by atomic mass is 9.99. The maximum absolute atomic E-state index is 11.6. The third-order valence-corrected chi connectivity index (χ3v) is 2.41. The molecule has 1 amide bonds. The van der Waals surface area contributed by atoms with E-state index in [1.807, 2.05) is 0 Å². The Balaban J connectivity index is 2.13. The van der Waals surface area contributed by atoms with E-state index in [9.17, 15) is 9.59 Å². The minimum Gasteiger partial charge on any atom is -0.479 e. The van der Waals surface area contributed by atoms with Crippen molar-refractivity contribution in [2.45, 2.75) is 12.0 Å². The number of carbonyl (C=O) groups excluding carboxylic acids is 1. The van der Waals surface area contributed by atoms with E-state index < -0.39 is 17.4 Å². The van der Waals surface area contributed by atoms with E-state index in [1.165, 1.54) is 6.33 Å². The molecule has 1 aliphatic rings. The van der Waals surface area contributed by atoms with E-state index in [-0.39, 0.29) is 18.9 Å². The molecule has 1 fully saturated rings. The molecule has 1 atom stereocenters. The van der Waals surface area contributed by atoms with Crippen LogP contribution in [0.25, 0.3) is 0 Å². The largest absolute Gasteiger partial charge is 0.479 e. The van der Waals surface area contributed by atoms with E-state index in [2.05, 4.69) is 20.5 Å². The first kappa shape index (κ1) is 10.6. The second kappa shape index (κ2) is 3.89. The Morgan fingerprint density at radius 3 is 2.94 bits per heavy atom. The molecule has 1 unspecified atom stereocenters. The molecule has 0 aromatic carbocycles. The van der Waals surface area contributed by atoms with Gasteiger partial charge in [0, 0.05) is 13.0 Å². The first-order chi connectivity index (χ1) is 7.64. The molecule has 0 aliphatic carbocycles. The SMILES string of the molecule is O=C(NC1(C(=O)O)CCOC1)c1ncn[nH]1. The normalized spacial score (nSPS) is 24.2. The first-order valence-electron chi connectivity index (χ1n) is 4.63. The molecule has 86 valence electrons. The Labute approximate surface area is 90.0 Å².